The summed E-state index contributed by atoms with van der Waals surface area (Å²) in [7, 11) is 0. The third-order valence-electron chi connectivity index (χ3n) is 0.868. The monoisotopic (exact) mass is 182 g/mol. The van der Waals surface area contributed by atoms with Gasteiger partial charge in [-0.25, -0.2) is 4.79 Å². The van der Waals surface area contributed by atoms with Crippen LogP contribution >= 0.6 is 11.8 Å². The molecule has 0 aromatic heterocycles. The van der Waals surface area contributed by atoms with E-state index in [0.29, 0.717) is 11.8 Å². The smallest absolute Gasteiger partial charge is 0.343 e. The van der Waals surface area contributed by atoms with Gasteiger partial charge in [-0.3, -0.25) is 0 Å². The van der Waals surface area contributed by atoms with E-state index >= 15 is 0 Å². The van der Waals surface area contributed by atoms with Crippen LogP contribution in [0.2, 0.25) is 0 Å². The fourth-order valence-electron chi connectivity index (χ4n) is 0.326. The molecular formula is C5H10O5S. The number of hydrogen-bond donors (Lipinski definition) is 4. The zero-order valence-electron chi connectivity index (χ0n) is 5.67. The zero-order valence-corrected chi connectivity index (χ0v) is 6.49. The first-order valence-electron chi connectivity index (χ1n) is 2.89. The van der Waals surface area contributed by atoms with Crippen LogP contribution in [0.25, 0.3) is 0 Å². The van der Waals surface area contributed by atoms with E-state index in [4.69, 9.17) is 20.4 Å². The van der Waals surface area contributed by atoms with Crippen LogP contribution in [0, 0.1) is 0 Å². The van der Waals surface area contributed by atoms with Crippen molar-refractivity contribution in [3.8, 4) is 0 Å². The van der Waals surface area contributed by atoms with E-state index in [-0.39, 0.29) is 5.75 Å². The SMILES string of the molecule is O=C(O)C(O)SCC(O)CO. The summed E-state index contributed by atoms with van der Waals surface area (Å²) in [5.74, 6) is -1.34. The Kier molecular flexibility index (Phi) is 5.22. The first-order valence-corrected chi connectivity index (χ1v) is 3.94. The summed E-state index contributed by atoms with van der Waals surface area (Å²) in [5.41, 5.74) is -1.53. The quantitative estimate of drug-likeness (QED) is 0.385. The average Bonchev–Trinajstić information content (AvgIpc) is 1.99. The topological polar surface area (TPSA) is 98.0 Å². The van der Waals surface area contributed by atoms with Crippen molar-refractivity contribution in [1.82, 2.24) is 0 Å². The van der Waals surface area contributed by atoms with Gasteiger partial charge in [0, 0.05) is 5.75 Å². The molecule has 66 valence electrons. The van der Waals surface area contributed by atoms with Crippen LogP contribution in [0.5, 0.6) is 0 Å². The van der Waals surface area contributed by atoms with Crippen LogP contribution < -0.4 is 0 Å². The van der Waals surface area contributed by atoms with Crippen LogP contribution in [-0.4, -0.2) is 50.3 Å². The lowest BCUT2D eigenvalue weighted by Gasteiger charge is -2.07. The Morgan fingerprint density at radius 3 is 2.36 bits per heavy atom. The van der Waals surface area contributed by atoms with Gasteiger partial charge in [0.1, 0.15) is 0 Å². The maximum atomic E-state index is 9.99. The normalized spacial score (nSPS) is 15.9. The molecule has 4 N–H and O–H groups in total. The van der Waals surface area contributed by atoms with Crippen LogP contribution in [-0.2, 0) is 4.79 Å². The predicted molar refractivity (Wildman–Crippen MR) is 39.2 cm³/mol. The summed E-state index contributed by atoms with van der Waals surface area (Å²) in [6.07, 6.45) is -0.978. The summed E-state index contributed by atoms with van der Waals surface area (Å²) in [6, 6.07) is 0. The summed E-state index contributed by atoms with van der Waals surface area (Å²) < 4.78 is 0. The van der Waals surface area contributed by atoms with Crippen molar-refractivity contribution in [2.24, 2.45) is 0 Å². The number of aliphatic carboxylic acids is 1. The summed E-state index contributed by atoms with van der Waals surface area (Å²) in [4.78, 5) is 9.99. The standard InChI is InChI=1S/C5H10O5S/c6-1-3(7)2-11-5(10)4(8)9/h3,5-7,10H,1-2H2,(H,8,9). The van der Waals surface area contributed by atoms with Crippen molar-refractivity contribution >= 4 is 17.7 Å². The minimum atomic E-state index is -1.53. The molecule has 0 heterocycles. The van der Waals surface area contributed by atoms with E-state index in [1.807, 2.05) is 0 Å². The number of thioether (sulfide) groups is 1. The second kappa shape index (κ2) is 5.36. The third-order valence-corrected chi connectivity index (χ3v) is 1.96. The highest BCUT2D eigenvalue weighted by atomic mass is 32.2. The van der Waals surface area contributed by atoms with E-state index in [0.717, 1.165) is 0 Å². The Labute approximate surface area is 67.7 Å². The van der Waals surface area contributed by atoms with Gasteiger partial charge in [0.15, 0.2) is 5.44 Å². The Bertz CT molecular complexity index is 128. The summed E-state index contributed by atoms with van der Waals surface area (Å²) in [5, 5.41) is 33.8. The number of aliphatic hydroxyl groups excluding tert-OH is 3. The van der Waals surface area contributed by atoms with Crippen molar-refractivity contribution in [1.29, 1.82) is 0 Å². The predicted octanol–water partition coefficient (Wildman–Crippen LogP) is -1.52. The van der Waals surface area contributed by atoms with E-state index in [2.05, 4.69) is 0 Å². The first kappa shape index (κ1) is 10.7. The van der Waals surface area contributed by atoms with Gasteiger partial charge in [-0.2, -0.15) is 0 Å². The molecule has 0 fully saturated rings. The number of hydrogen-bond acceptors (Lipinski definition) is 5. The molecule has 0 amide bonds. The molecule has 0 aliphatic carbocycles. The molecule has 0 saturated carbocycles. The highest BCUT2D eigenvalue weighted by Crippen LogP contribution is 2.09. The number of carboxylic acid groups (broad SMARTS) is 1. The van der Waals surface area contributed by atoms with Gasteiger partial charge in [-0.15, -0.1) is 11.8 Å². The summed E-state index contributed by atoms with van der Waals surface area (Å²) in [6.45, 7) is -0.431. The second-order valence-electron chi connectivity index (χ2n) is 1.86. The minimum absolute atomic E-state index is 0.00394. The maximum absolute atomic E-state index is 9.99. The van der Waals surface area contributed by atoms with Crippen LogP contribution in [0.3, 0.4) is 0 Å². The molecule has 11 heavy (non-hydrogen) atoms. The van der Waals surface area contributed by atoms with Crippen LogP contribution in [0.1, 0.15) is 0 Å². The van der Waals surface area contributed by atoms with Crippen LogP contribution in [0.4, 0.5) is 0 Å². The fourth-order valence-corrected chi connectivity index (χ4v) is 0.979. The number of aliphatic hydroxyl groups is 3. The maximum Gasteiger partial charge on any atom is 0.343 e. The lowest BCUT2D eigenvalue weighted by atomic mass is 10.4. The Morgan fingerprint density at radius 1 is 1.45 bits per heavy atom. The molecule has 0 aliphatic heterocycles. The van der Waals surface area contributed by atoms with Gasteiger partial charge in [-0.1, -0.05) is 0 Å². The average molecular weight is 182 g/mol. The first-order chi connectivity index (χ1) is 5.07. The van der Waals surface area contributed by atoms with Crippen LogP contribution in [0.15, 0.2) is 0 Å². The van der Waals surface area contributed by atoms with Crippen molar-refractivity contribution in [2.45, 2.75) is 11.5 Å². The molecule has 5 nitrogen and oxygen atoms in total. The van der Waals surface area contributed by atoms with E-state index < -0.39 is 24.1 Å². The number of carbonyl (C=O) groups is 1. The highest BCUT2D eigenvalue weighted by molar-refractivity contribution is 8.00. The Balaban J connectivity index is 3.45. The summed E-state index contributed by atoms with van der Waals surface area (Å²) >= 11 is 0.663. The second-order valence-corrected chi connectivity index (χ2v) is 2.97. The number of carboxylic acids is 1. The molecule has 2 atom stereocenters. The Hall–Kier alpha value is -0.300. The van der Waals surface area contributed by atoms with Gasteiger partial charge in [0.05, 0.1) is 12.7 Å². The number of rotatable bonds is 5. The lowest BCUT2D eigenvalue weighted by molar-refractivity contribution is -0.141. The molecule has 0 spiro atoms. The molecule has 2 unspecified atom stereocenters. The zero-order chi connectivity index (χ0) is 8.85. The van der Waals surface area contributed by atoms with Gasteiger partial charge in [0.25, 0.3) is 0 Å². The largest absolute Gasteiger partial charge is 0.479 e. The van der Waals surface area contributed by atoms with E-state index in [1.54, 1.807) is 0 Å². The van der Waals surface area contributed by atoms with Gasteiger partial charge in [0.2, 0.25) is 0 Å². The van der Waals surface area contributed by atoms with Gasteiger partial charge < -0.3 is 20.4 Å². The molecule has 0 bridgehead atoms. The lowest BCUT2D eigenvalue weighted by Crippen LogP contribution is -2.21. The molecule has 0 radical (unpaired) electrons. The fraction of sp³-hybridized carbons (Fsp3) is 0.800. The molecule has 0 saturated heterocycles. The molecular weight excluding hydrogens is 172 g/mol. The molecule has 6 heteroatoms. The molecule has 0 aliphatic rings. The van der Waals surface area contributed by atoms with Crippen molar-refractivity contribution in [3.63, 3.8) is 0 Å². The van der Waals surface area contributed by atoms with Crippen molar-refractivity contribution in [2.75, 3.05) is 12.4 Å². The third kappa shape index (κ3) is 5.02. The van der Waals surface area contributed by atoms with Crippen molar-refractivity contribution < 1.29 is 25.2 Å². The Morgan fingerprint density at radius 2 is 2.00 bits per heavy atom. The molecule has 0 aromatic rings. The van der Waals surface area contributed by atoms with Gasteiger partial charge >= 0.3 is 5.97 Å². The van der Waals surface area contributed by atoms with E-state index in [1.165, 1.54) is 0 Å². The van der Waals surface area contributed by atoms with E-state index in [9.17, 15) is 4.79 Å². The highest BCUT2D eigenvalue weighted by Gasteiger charge is 2.14. The van der Waals surface area contributed by atoms with Gasteiger partial charge in [-0.05, 0) is 0 Å². The molecule has 0 aromatic carbocycles. The van der Waals surface area contributed by atoms with Crippen molar-refractivity contribution in [3.05, 3.63) is 0 Å². The molecule has 0 rings (SSSR count). The minimum Gasteiger partial charge on any atom is -0.479 e.